The van der Waals surface area contributed by atoms with Gasteiger partial charge in [-0.1, -0.05) is 20.8 Å². The van der Waals surface area contributed by atoms with Crippen LogP contribution in [0, 0.1) is 0 Å². The summed E-state index contributed by atoms with van der Waals surface area (Å²) in [4.78, 5) is 11.9. The molecule has 2 aliphatic rings. The van der Waals surface area contributed by atoms with E-state index in [-0.39, 0.29) is 23.2 Å². The summed E-state index contributed by atoms with van der Waals surface area (Å²) >= 11 is 0. The molecule has 0 N–H and O–H groups in total. The fourth-order valence-corrected chi connectivity index (χ4v) is 4.45. The quantitative estimate of drug-likeness (QED) is 0.551. The molecule has 0 radical (unpaired) electrons. The van der Waals surface area contributed by atoms with Crippen LogP contribution in [0.3, 0.4) is 0 Å². The van der Waals surface area contributed by atoms with Crippen molar-refractivity contribution in [2.24, 2.45) is 0 Å². The number of hydrogen-bond donors (Lipinski definition) is 0. The van der Waals surface area contributed by atoms with E-state index in [1.54, 1.807) is 0 Å². The smallest absolute Gasteiger partial charge is 0.306 e. The first kappa shape index (κ1) is 19.9. The van der Waals surface area contributed by atoms with Gasteiger partial charge in [0.1, 0.15) is 0 Å². The molecule has 0 aliphatic carbocycles. The molecule has 6 heteroatoms. The molecule has 2 saturated heterocycles. The lowest BCUT2D eigenvalue weighted by Crippen LogP contribution is -2.47. The topological polar surface area (TPSA) is 54.0 Å². The highest BCUT2D eigenvalue weighted by atomic mass is 28.4. The van der Waals surface area contributed by atoms with E-state index >= 15 is 0 Å². The molecule has 2 atom stereocenters. The minimum Gasteiger partial charge on any atom is -0.463 e. The van der Waals surface area contributed by atoms with Crippen LogP contribution >= 0.6 is 0 Å². The Hall–Kier alpha value is -0.433. The van der Waals surface area contributed by atoms with Gasteiger partial charge in [0.2, 0.25) is 0 Å². The Balaban J connectivity index is 2.15. The lowest BCUT2D eigenvalue weighted by atomic mass is 9.98. The zero-order chi connectivity index (χ0) is 18.0. The molecular weight excluding hydrogens is 324 g/mol. The van der Waals surface area contributed by atoms with Crippen LogP contribution in [0.5, 0.6) is 0 Å². The van der Waals surface area contributed by atoms with Crippen molar-refractivity contribution in [3.8, 4) is 0 Å². The van der Waals surface area contributed by atoms with Crippen molar-refractivity contribution in [2.75, 3.05) is 13.2 Å². The van der Waals surface area contributed by atoms with E-state index in [0.717, 1.165) is 12.8 Å². The Labute approximate surface area is 147 Å². The highest BCUT2D eigenvalue weighted by Gasteiger charge is 2.44. The van der Waals surface area contributed by atoms with Gasteiger partial charge in [0.25, 0.3) is 0 Å². The van der Waals surface area contributed by atoms with Gasteiger partial charge in [-0.25, -0.2) is 0 Å². The number of esters is 1. The van der Waals surface area contributed by atoms with Crippen LogP contribution < -0.4 is 0 Å². The molecule has 2 aliphatic heterocycles. The van der Waals surface area contributed by atoms with Crippen LogP contribution in [0.4, 0.5) is 0 Å². The minimum absolute atomic E-state index is 0.0671. The first-order chi connectivity index (χ1) is 11.0. The summed E-state index contributed by atoms with van der Waals surface area (Å²) in [6.07, 6.45) is 3.23. The number of carbonyl (C=O) groups excluding carboxylic acids is 1. The molecule has 0 aromatic rings. The summed E-state index contributed by atoms with van der Waals surface area (Å²) in [5.74, 6) is -0.850. The maximum atomic E-state index is 11.9. The van der Waals surface area contributed by atoms with E-state index in [4.69, 9.17) is 18.6 Å². The Bertz CT molecular complexity index is 437. The first-order valence-electron chi connectivity index (χ1n) is 9.18. The van der Waals surface area contributed by atoms with Crippen molar-refractivity contribution in [3.63, 3.8) is 0 Å². The number of rotatable bonds is 2. The summed E-state index contributed by atoms with van der Waals surface area (Å²) in [5, 5.41) is 0.158. The summed E-state index contributed by atoms with van der Waals surface area (Å²) in [6, 6.07) is 0. The molecule has 24 heavy (non-hydrogen) atoms. The van der Waals surface area contributed by atoms with Gasteiger partial charge in [0.15, 0.2) is 14.1 Å². The molecule has 0 amide bonds. The maximum Gasteiger partial charge on any atom is 0.306 e. The van der Waals surface area contributed by atoms with Crippen LogP contribution in [0.15, 0.2) is 0 Å². The zero-order valence-electron chi connectivity index (χ0n) is 16.1. The zero-order valence-corrected chi connectivity index (χ0v) is 17.1. The average molecular weight is 359 g/mol. The van der Waals surface area contributed by atoms with Gasteiger partial charge in [-0.2, -0.15) is 0 Å². The number of ether oxygens (including phenoxy) is 3. The first-order valence-corrected chi connectivity index (χ1v) is 12.1. The van der Waals surface area contributed by atoms with E-state index in [1.807, 2.05) is 6.92 Å². The maximum absolute atomic E-state index is 11.9. The van der Waals surface area contributed by atoms with Crippen LogP contribution in [-0.2, 0) is 23.4 Å². The predicted molar refractivity (Wildman–Crippen MR) is 95.3 cm³/mol. The van der Waals surface area contributed by atoms with Crippen molar-refractivity contribution in [1.82, 2.24) is 0 Å². The van der Waals surface area contributed by atoms with E-state index < -0.39 is 14.1 Å². The summed E-state index contributed by atoms with van der Waals surface area (Å²) in [5.41, 5.74) is 0. The molecule has 2 heterocycles. The Morgan fingerprint density at radius 3 is 2.38 bits per heavy atom. The van der Waals surface area contributed by atoms with E-state index in [0.29, 0.717) is 32.5 Å². The largest absolute Gasteiger partial charge is 0.463 e. The average Bonchev–Trinajstić information content (AvgIpc) is 2.89. The SMILES string of the molecule is CC1CCC(O[Si](C)(C)C(C)(C)C)CC2(CCC(=O)O1)OCCO2. The molecule has 0 saturated carbocycles. The van der Waals surface area contributed by atoms with Crippen LogP contribution in [0.2, 0.25) is 18.1 Å². The second-order valence-corrected chi connectivity index (χ2v) is 13.4. The number of cyclic esters (lactones) is 1. The highest BCUT2D eigenvalue weighted by Crippen LogP contribution is 2.40. The van der Waals surface area contributed by atoms with Gasteiger partial charge >= 0.3 is 5.97 Å². The standard InChI is InChI=1S/C18H34O5Si/c1-14-7-8-15(23-24(5,6)17(2,3)4)13-18(20-11-12-21-18)10-9-16(19)22-14/h14-15H,7-13H2,1-6H3. The predicted octanol–water partition coefficient (Wildman–Crippen LogP) is 4.02. The van der Waals surface area contributed by atoms with Crippen molar-refractivity contribution in [3.05, 3.63) is 0 Å². The number of carbonyl (C=O) groups is 1. The normalized spacial score (nSPS) is 29.5. The highest BCUT2D eigenvalue weighted by molar-refractivity contribution is 6.74. The van der Waals surface area contributed by atoms with Crippen LogP contribution in [-0.4, -0.2) is 45.5 Å². The molecular formula is C18H34O5Si. The minimum atomic E-state index is -1.88. The molecule has 2 fully saturated rings. The lowest BCUT2D eigenvalue weighted by Gasteiger charge is -2.42. The molecule has 0 aromatic carbocycles. The molecule has 2 unspecified atom stereocenters. The van der Waals surface area contributed by atoms with E-state index in [1.165, 1.54) is 0 Å². The Kier molecular flexibility index (Phi) is 6.16. The van der Waals surface area contributed by atoms with E-state index in [9.17, 15) is 4.79 Å². The van der Waals surface area contributed by atoms with Crippen LogP contribution in [0.25, 0.3) is 0 Å². The Morgan fingerprint density at radius 2 is 1.79 bits per heavy atom. The van der Waals surface area contributed by atoms with Gasteiger partial charge in [0, 0.05) is 12.8 Å². The third kappa shape index (κ3) is 5.03. The van der Waals surface area contributed by atoms with Gasteiger partial charge in [-0.05, 0) is 37.9 Å². The summed E-state index contributed by atoms with van der Waals surface area (Å²) < 4.78 is 24.0. The second kappa shape index (κ2) is 7.44. The molecule has 2 rings (SSSR count). The van der Waals surface area contributed by atoms with E-state index in [2.05, 4.69) is 33.9 Å². The third-order valence-electron chi connectivity index (χ3n) is 5.56. The molecule has 1 spiro atoms. The summed E-state index contributed by atoms with van der Waals surface area (Å²) in [6.45, 7) is 14.4. The molecule has 5 nitrogen and oxygen atoms in total. The molecule has 140 valence electrons. The fraction of sp³-hybridized carbons (Fsp3) is 0.944. The van der Waals surface area contributed by atoms with Crippen molar-refractivity contribution in [2.45, 2.75) is 95.9 Å². The van der Waals surface area contributed by atoms with Crippen LogP contribution in [0.1, 0.15) is 59.8 Å². The van der Waals surface area contributed by atoms with Gasteiger partial charge in [0.05, 0.1) is 31.8 Å². The Morgan fingerprint density at radius 1 is 1.17 bits per heavy atom. The lowest BCUT2D eigenvalue weighted by molar-refractivity contribution is -0.189. The van der Waals surface area contributed by atoms with Gasteiger partial charge in [-0.15, -0.1) is 0 Å². The fourth-order valence-electron chi connectivity index (χ4n) is 3.06. The second-order valence-electron chi connectivity index (χ2n) is 8.69. The van der Waals surface area contributed by atoms with Crippen molar-refractivity contribution >= 4 is 14.3 Å². The molecule has 0 aromatic heterocycles. The van der Waals surface area contributed by atoms with Crippen molar-refractivity contribution < 1.29 is 23.4 Å². The van der Waals surface area contributed by atoms with Crippen molar-refractivity contribution in [1.29, 1.82) is 0 Å². The van der Waals surface area contributed by atoms with Gasteiger partial charge in [-0.3, -0.25) is 4.79 Å². The third-order valence-corrected chi connectivity index (χ3v) is 10.1. The molecule has 0 bridgehead atoms. The number of hydrogen-bond acceptors (Lipinski definition) is 5. The monoisotopic (exact) mass is 358 g/mol. The van der Waals surface area contributed by atoms with Gasteiger partial charge < -0.3 is 18.6 Å². The summed E-state index contributed by atoms with van der Waals surface area (Å²) in [7, 11) is -1.88.